The van der Waals surface area contributed by atoms with Crippen molar-refractivity contribution in [2.45, 2.75) is 26.9 Å². The van der Waals surface area contributed by atoms with Crippen LogP contribution in [0.25, 0.3) is 22.1 Å². The summed E-state index contributed by atoms with van der Waals surface area (Å²) >= 11 is 0. The van der Waals surface area contributed by atoms with E-state index in [1.54, 1.807) is 9.13 Å². The number of hydrogen-bond acceptors (Lipinski definition) is 14. The van der Waals surface area contributed by atoms with Gasteiger partial charge in [-0.05, 0) is 13.8 Å². The number of piperazine rings is 2. The zero-order chi connectivity index (χ0) is 31.4. The second kappa shape index (κ2) is 17.2. The molecule has 0 spiro atoms. The third kappa shape index (κ3) is 8.30. The second-order valence-corrected chi connectivity index (χ2v) is 10.2. The Bertz CT molecular complexity index is 1710. The molecule has 4 aromatic heterocycles. The van der Waals surface area contributed by atoms with Crippen LogP contribution in [0.3, 0.4) is 0 Å². The average Bonchev–Trinajstić information content (AvgIpc) is 3.05. The van der Waals surface area contributed by atoms with E-state index >= 15 is 0 Å². The van der Waals surface area contributed by atoms with Crippen LogP contribution in [0, 0.1) is 31.1 Å². The van der Waals surface area contributed by atoms with Crippen molar-refractivity contribution in [1.29, 1.82) is 0 Å². The summed E-state index contributed by atoms with van der Waals surface area (Å²) < 4.78 is 3.27. The molecular weight excluding hydrogens is 842 g/mol. The first-order valence-corrected chi connectivity index (χ1v) is 14.4. The molecule has 252 valence electrons. The van der Waals surface area contributed by atoms with Crippen LogP contribution in [0.4, 0.5) is 11.9 Å². The van der Waals surface area contributed by atoms with Gasteiger partial charge < -0.3 is 60.3 Å². The molecule has 0 aliphatic carbocycles. The van der Waals surface area contributed by atoms with Crippen molar-refractivity contribution in [3.8, 4) is 0 Å². The van der Waals surface area contributed by atoms with E-state index in [0.717, 1.165) is 52.4 Å². The third-order valence-electron chi connectivity index (χ3n) is 7.53. The largest absolute Gasteiger partial charge is 2.00 e. The van der Waals surface area contributed by atoms with Gasteiger partial charge >= 0.3 is 0 Å². The Labute approximate surface area is 291 Å². The number of nitrogens with zero attached hydrogens (tertiary/aromatic N) is 8. The summed E-state index contributed by atoms with van der Waals surface area (Å²) in [5.41, 5.74) is -1.05. The zero-order valence-corrected chi connectivity index (χ0v) is 29.9. The van der Waals surface area contributed by atoms with Gasteiger partial charge in [-0.3, -0.25) is 9.59 Å². The summed E-state index contributed by atoms with van der Waals surface area (Å²) in [7, 11) is 0. The molecular formula is C28H32N10O8U-6. The molecule has 19 heteroatoms. The van der Waals surface area contributed by atoms with Crippen molar-refractivity contribution in [3.05, 3.63) is 56.4 Å². The van der Waals surface area contributed by atoms with Gasteiger partial charge in [0.25, 0.3) is 0 Å². The van der Waals surface area contributed by atoms with Crippen LogP contribution >= 0.6 is 0 Å². The number of aryl methyl sites for hydroxylation is 2. The fraction of sp³-hybridized carbons (Fsp3) is 0.429. The number of nitrogens with one attached hydrogen (secondary N) is 2. The van der Waals surface area contributed by atoms with E-state index in [2.05, 4.69) is 30.6 Å². The Balaban J connectivity index is 0.000000307. The van der Waals surface area contributed by atoms with Crippen molar-refractivity contribution in [2.24, 2.45) is 0 Å². The maximum atomic E-state index is 12.2. The summed E-state index contributed by atoms with van der Waals surface area (Å²) in [6, 6.07) is 0. The van der Waals surface area contributed by atoms with E-state index in [-0.39, 0.29) is 64.0 Å². The maximum Gasteiger partial charge on any atom is 0.227 e. The SMILES string of the molecule is CCn1cc(C(=O)[O-])c(=O)c2cnc(N3CCNCC3)nc21.CCn1cc(C(=O)[O-])c(=O)c2cnc(N3CCNCC3)nc21.[O-2].[O-2].[U]. The molecule has 0 aromatic carbocycles. The standard InChI is InChI=1S/2C14H17N5O3.2O.U/c2*1-2-18-8-10(13(21)22)11(20)9-7-16-14(17-12(9)18)19-5-3-15-4-6-19;;;/h2*7-8,15H,2-6H2,1H3,(H,21,22);;;/q;;2*-2;/p-2. The molecule has 0 radical (unpaired) electrons. The molecule has 4 aromatic rings. The minimum Gasteiger partial charge on any atom is -2.00 e. The van der Waals surface area contributed by atoms with E-state index in [0.29, 0.717) is 36.3 Å². The number of carbonyl (C=O) groups is 2. The van der Waals surface area contributed by atoms with Gasteiger partial charge in [0.05, 0.1) is 33.8 Å². The number of fused-ring (bicyclic) bond motifs is 2. The topological polar surface area (TPSA) is 263 Å². The van der Waals surface area contributed by atoms with E-state index < -0.39 is 22.8 Å². The van der Waals surface area contributed by atoms with Crippen LogP contribution in [-0.4, -0.2) is 93.4 Å². The van der Waals surface area contributed by atoms with Crippen LogP contribution in [0.5, 0.6) is 0 Å². The van der Waals surface area contributed by atoms with E-state index in [9.17, 15) is 29.4 Å². The van der Waals surface area contributed by atoms with Crippen molar-refractivity contribution in [1.82, 2.24) is 39.7 Å². The molecule has 6 rings (SSSR count). The molecule has 6 heterocycles. The summed E-state index contributed by atoms with van der Waals surface area (Å²) in [5.74, 6) is -1.87. The van der Waals surface area contributed by atoms with Crippen LogP contribution in [0.1, 0.15) is 34.6 Å². The summed E-state index contributed by atoms with van der Waals surface area (Å²) in [6.45, 7) is 11.3. The van der Waals surface area contributed by atoms with Gasteiger partial charge in [0.2, 0.25) is 22.8 Å². The Hall–Kier alpha value is -3.99. The van der Waals surface area contributed by atoms with Crippen LogP contribution < -0.4 is 41.5 Å². The van der Waals surface area contributed by atoms with Crippen molar-refractivity contribution < 1.29 is 61.9 Å². The summed E-state index contributed by atoms with van der Waals surface area (Å²) in [5, 5.41) is 29.0. The molecule has 0 unspecified atom stereocenters. The molecule has 18 nitrogen and oxygen atoms in total. The van der Waals surface area contributed by atoms with Gasteiger partial charge in [0, 0.05) is 121 Å². The molecule has 2 aliphatic rings. The monoisotopic (exact) mass is 874 g/mol. The van der Waals surface area contributed by atoms with Gasteiger partial charge in [0.1, 0.15) is 11.3 Å². The Kier molecular flexibility index (Phi) is 14.4. The van der Waals surface area contributed by atoms with Crippen LogP contribution in [0.2, 0.25) is 0 Å². The van der Waals surface area contributed by atoms with Gasteiger partial charge in [-0.25, -0.2) is 9.97 Å². The Morgan fingerprint density at radius 3 is 1.34 bits per heavy atom. The average molecular weight is 875 g/mol. The number of aromatic nitrogens is 6. The number of carbonyl (C=O) groups excluding carboxylic acids is 2. The number of hydrogen-bond donors (Lipinski definition) is 2. The summed E-state index contributed by atoms with van der Waals surface area (Å²) in [6.07, 6.45) is 5.38. The number of pyridine rings is 2. The number of carboxylic acids is 2. The smallest absolute Gasteiger partial charge is 0.227 e. The third-order valence-corrected chi connectivity index (χ3v) is 7.53. The number of carboxylic acid groups (broad SMARTS) is 2. The number of aromatic carboxylic acids is 2. The van der Waals surface area contributed by atoms with Gasteiger partial charge in [-0.1, -0.05) is 0 Å². The second-order valence-electron chi connectivity index (χ2n) is 10.2. The minimum atomic E-state index is -1.49. The molecule has 2 fully saturated rings. The van der Waals surface area contributed by atoms with Crippen molar-refractivity contribution >= 4 is 45.9 Å². The molecule has 2 saturated heterocycles. The van der Waals surface area contributed by atoms with E-state index in [1.807, 2.05) is 23.6 Å². The molecule has 0 atom stereocenters. The number of anilines is 2. The fourth-order valence-corrected chi connectivity index (χ4v) is 5.13. The molecule has 2 aliphatic heterocycles. The molecule has 0 saturated carbocycles. The van der Waals surface area contributed by atoms with Gasteiger partial charge in [-0.15, -0.1) is 0 Å². The molecule has 0 bridgehead atoms. The van der Waals surface area contributed by atoms with Gasteiger partial charge in [0.15, 0.2) is 0 Å². The molecule has 2 N–H and O–H groups in total. The van der Waals surface area contributed by atoms with Gasteiger partial charge in [-0.2, -0.15) is 9.97 Å². The van der Waals surface area contributed by atoms with Crippen LogP contribution in [0.15, 0.2) is 34.4 Å². The first-order valence-electron chi connectivity index (χ1n) is 14.4. The molecule has 0 amide bonds. The first kappa shape index (κ1) is 39.2. The van der Waals surface area contributed by atoms with Crippen molar-refractivity contribution in [3.63, 3.8) is 0 Å². The molecule has 47 heavy (non-hydrogen) atoms. The van der Waals surface area contributed by atoms with Crippen molar-refractivity contribution in [2.75, 3.05) is 62.2 Å². The normalized spacial score (nSPS) is 14.3. The maximum absolute atomic E-state index is 12.2. The Morgan fingerprint density at radius 2 is 1.04 bits per heavy atom. The minimum absolute atomic E-state index is 0. The predicted octanol–water partition coefficient (Wildman–Crippen LogP) is -3.07. The van der Waals surface area contributed by atoms with Crippen LogP contribution in [-0.2, 0) is 24.0 Å². The Morgan fingerprint density at radius 1 is 0.702 bits per heavy atom. The zero-order valence-electron chi connectivity index (χ0n) is 25.7. The predicted molar refractivity (Wildman–Crippen MR) is 159 cm³/mol. The van der Waals surface area contributed by atoms with E-state index in [1.165, 1.54) is 24.8 Å². The fourth-order valence-electron chi connectivity index (χ4n) is 5.13. The first-order chi connectivity index (χ1) is 21.2. The van der Waals surface area contributed by atoms with E-state index in [4.69, 9.17) is 0 Å². The summed E-state index contributed by atoms with van der Waals surface area (Å²) in [4.78, 5) is 68.0. The quantitative estimate of drug-likeness (QED) is 0.195. The number of rotatable bonds is 6.